The summed E-state index contributed by atoms with van der Waals surface area (Å²) in [6.07, 6.45) is 0.627. The van der Waals surface area contributed by atoms with Gasteiger partial charge in [-0.05, 0) is 12.3 Å². The highest BCUT2D eigenvalue weighted by atomic mass is 32.2. The summed E-state index contributed by atoms with van der Waals surface area (Å²) in [4.78, 5) is 0. The largest absolute Gasteiger partial charge is 0.376 e. The third kappa shape index (κ3) is 1.23. The van der Waals surface area contributed by atoms with Gasteiger partial charge in [0.1, 0.15) is 0 Å². The molecule has 0 radical (unpaired) electrons. The van der Waals surface area contributed by atoms with Crippen LogP contribution < -0.4 is 0 Å². The van der Waals surface area contributed by atoms with Gasteiger partial charge >= 0.3 is 0 Å². The Morgan fingerprint density at radius 3 is 2.64 bits per heavy atom. The Morgan fingerprint density at radius 1 is 1.43 bits per heavy atom. The number of sulfone groups is 1. The first-order valence-corrected chi connectivity index (χ1v) is 6.92. The molecule has 0 aromatic rings. The van der Waals surface area contributed by atoms with Crippen molar-refractivity contribution in [1.29, 1.82) is 0 Å². The molecule has 82 valence electrons. The summed E-state index contributed by atoms with van der Waals surface area (Å²) in [6, 6.07) is 0. The molecule has 0 spiro atoms. The zero-order valence-corrected chi connectivity index (χ0v) is 9.80. The average Bonchev–Trinajstić information content (AvgIpc) is 2.55. The van der Waals surface area contributed by atoms with E-state index in [0.29, 0.717) is 24.7 Å². The molecule has 4 heteroatoms. The second-order valence-electron chi connectivity index (χ2n) is 5.09. The minimum absolute atomic E-state index is 0.0625. The Bertz CT molecular complexity index is 333. The molecule has 0 aromatic carbocycles. The molecule has 0 saturated carbocycles. The Labute approximate surface area is 85.8 Å². The van der Waals surface area contributed by atoms with Crippen LogP contribution in [0.5, 0.6) is 0 Å². The molecule has 0 amide bonds. The van der Waals surface area contributed by atoms with E-state index in [1.54, 1.807) is 0 Å². The van der Waals surface area contributed by atoms with Crippen LogP contribution in [0.4, 0.5) is 0 Å². The minimum atomic E-state index is -2.90. The Morgan fingerprint density at radius 2 is 2.07 bits per heavy atom. The number of fused-ring (bicyclic) bond motifs is 1. The zero-order valence-electron chi connectivity index (χ0n) is 8.99. The molecule has 2 rings (SSSR count). The summed E-state index contributed by atoms with van der Waals surface area (Å²) in [7, 11) is -2.90. The molecule has 2 saturated heterocycles. The molecule has 2 aliphatic rings. The number of rotatable bonds is 1. The first kappa shape index (κ1) is 10.4. The van der Waals surface area contributed by atoms with E-state index in [0.717, 1.165) is 0 Å². The van der Waals surface area contributed by atoms with Crippen LogP contribution in [0.2, 0.25) is 0 Å². The standard InChI is InChI=1S/C10H18O3S/c1-7(2)10(3)6-14(11,12)8-4-5-13-9(8)10/h7-9H,4-6H2,1-3H3. The first-order valence-electron chi connectivity index (χ1n) is 5.21. The summed E-state index contributed by atoms with van der Waals surface area (Å²) in [5, 5.41) is -0.227. The lowest BCUT2D eigenvalue weighted by atomic mass is 9.75. The Kier molecular flexibility index (Phi) is 2.20. The maximum atomic E-state index is 11.9. The van der Waals surface area contributed by atoms with E-state index in [1.807, 2.05) is 6.92 Å². The van der Waals surface area contributed by atoms with Crippen LogP contribution in [0.1, 0.15) is 27.2 Å². The van der Waals surface area contributed by atoms with Crippen molar-refractivity contribution in [2.75, 3.05) is 12.4 Å². The van der Waals surface area contributed by atoms with E-state index in [1.165, 1.54) is 0 Å². The molecule has 2 heterocycles. The zero-order chi connectivity index (χ0) is 10.6. The molecule has 0 aliphatic carbocycles. The van der Waals surface area contributed by atoms with Crippen LogP contribution in [0.3, 0.4) is 0 Å². The molecule has 3 atom stereocenters. The van der Waals surface area contributed by atoms with Crippen LogP contribution in [0.25, 0.3) is 0 Å². The summed E-state index contributed by atoms with van der Waals surface area (Å²) >= 11 is 0. The molecule has 0 aromatic heterocycles. The molecule has 3 nitrogen and oxygen atoms in total. The average molecular weight is 218 g/mol. The smallest absolute Gasteiger partial charge is 0.156 e. The van der Waals surface area contributed by atoms with Crippen molar-refractivity contribution in [2.24, 2.45) is 11.3 Å². The molecule has 14 heavy (non-hydrogen) atoms. The van der Waals surface area contributed by atoms with Gasteiger partial charge in [-0.1, -0.05) is 20.8 Å². The van der Waals surface area contributed by atoms with Crippen molar-refractivity contribution >= 4 is 9.84 Å². The fourth-order valence-electron chi connectivity index (χ4n) is 2.67. The number of ether oxygens (including phenoxy) is 1. The normalized spacial score (nSPS) is 45.7. The highest BCUT2D eigenvalue weighted by Gasteiger charge is 2.58. The Balaban J connectivity index is 2.41. The van der Waals surface area contributed by atoms with Gasteiger partial charge in [-0.25, -0.2) is 8.42 Å². The predicted molar refractivity (Wildman–Crippen MR) is 54.9 cm³/mol. The lowest BCUT2D eigenvalue weighted by molar-refractivity contribution is 0.00543. The monoisotopic (exact) mass is 218 g/mol. The highest BCUT2D eigenvalue weighted by Crippen LogP contribution is 2.47. The van der Waals surface area contributed by atoms with Crippen molar-refractivity contribution in [3.05, 3.63) is 0 Å². The van der Waals surface area contributed by atoms with Gasteiger partial charge in [-0.15, -0.1) is 0 Å². The molecular weight excluding hydrogens is 200 g/mol. The SMILES string of the molecule is CC(C)C1(C)CS(=O)(=O)C2CCOC21. The van der Waals surface area contributed by atoms with Crippen molar-refractivity contribution in [2.45, 2.75) is 38.5 Å². The van der Waals surface area contributed by atoms with Gasteiger partial charge < -0.3 is 4.74 Å². The van der Waals surface area contributed by atoms with Gasteiger partial charge in [0.05, 0.1) is 17.1 Å². The van der Waals surface area contributed by atoms with Crippen molar-refractivity contribution in [3.8, 4) is 0 Å². The molecular formula is C10H18O3S. The maximum Gasteiger partial charge on any atom is 0.156 e. The molecule has 2 fully saturated rings. The van der Waals surface area contributed by atoms with Gasteiger partial charge in [-0.3, -0.25) is 0 Å². The quantitative estimate of drug-likeness (QED) is 0.665. The molecule has 0 N–H and O–H groups in total. The van der Waals surface area contributed by atoms with Crippen molar-refractivity contribution in [1.82, 2.24) is 0 Å². The second kappa shape index (κ2) is 2.95. The van der Waals surface area contributed by atoms with E-state index in [9.17, 15) is 8.42 Å². The summed E-state index contributed by atoms with van der Waals surface area (Å²) < 4.78 is 29.4. The van der Waals surface area contributed by atoms with E-state index >= 15 is 0 Å². The van der Waals surface area contributed by atoms with Gasteiger partial charge in [0.15, 0.2) is 9.84 Å². The van der Waals surface area contributed by atoms with Gasteiger partial charge in [0, 0.05) is 12.0 Å². The van der Waals surface area contributed by atoms with E-state index in [-0.39, 0.29) is 16.8 Å². The fourth-order valence-corrected chi connectivity index (χ4v) is 5.47. The third-order valence-electron chi connectivity index (χ3n) is 3.98. The van der Waals surface area contributed by atoms with Gasteiger partial charge in [0.25, 0.3) is 0 Å². The number of hydrogen-bond donors (Lipinski definition) is 0. The maximum absolute atomic E-state index is 11.9. The van der Waals surface area contributed by atoms with E-state index < -0.39 is 9.84 Å². The van der Waals surface area contributed by atoms with Crippen molar-refractivity contribution in [3.63, 3.8) is 0 Å². The van der Waals surface area contributed by atoms with Gasteiger partial charge in [-0.2, -0.15) is 0 Å². The summed E-state index contributed by atoms with van der Waals surface area (Å²) in [6.45, 7) is 6.82. The minimum Gasteiger partial charge on any atom is -0.376 e. The predicted octanol–water partition coefficient (Wildman–Crippen LogP) is 1.23. The first-order chi connectivity index (χ1) is 6.38. The summed E-state index contributed by atoms with van der Waals surface area (Å²) in [5.74, 6) is 0.651. The van der Waals surface area contributed by atoms with Crippen LogP contribution >= 0.6 is 0 Å². The third-order valence-corrected chi connectivity index (χ3v) is 6.41. The number of hydrogen-bond acceptors (Lipinski definition) is 3. The topological polar surface area (TPSA) is 43.4 Å². The lowest BCUT2D eigenvalue weighted by Crippen LogP contribution is -2.37. The molecule has 2 aliphatic heterocycles. The van der Waals surface area contributed by atoms with Crippen LogP contribution in [-0.2, 0) is 14.6 Å². The van der Waals surface area contributed by atoms with Crippen molar-refractivity contribution < 1.29 is 13.2 Å². The lowest BCUT2D eigenvalue weighted by Gasteiger charge is -2.32. The second-order valence-corrected chi connectivity index (χ2v) is 7.31. The summed E-state index contributed by atoms with van der Waals surface area (Å²) in [5.41, 5.74) is -0.181. The van der Waals surface area contributed by atoms with Crippen LogP contribution in [0.15, 0.2) is 0 Å². The van der Waals surface area contributed by atoms with Gasteiger partial charge in [0.2, 0.25) is 0 Å². The molecule has 0 bridgehead atoms. The Hall–Kier alpha value is -0.0900. The van der Waals surface area contributed by atoms with Crippen LogP contribution in [0, 0.1) is 11.3 Å². The van der Waals surface area contributed by atoms with Crippen LogP contribution in [-0.4, -0.2) is 32.1 Å². The van der Waals surface area contributed by atoms with E-state index in [4.69, 9.17) is 4.74 Å². The molecule has 3 unspecified atom stereocenters. The van der Waals surface area contributed by atoms with E-state index in [2.05, 4.69) is 13.8 Å². The fraction of sp³-hybridized carbons (Fsp3) is 1.00. The highest BCUT2D eigenvalue weighted by molar-refractivity contribution is 7.92.